The molecule has 0 aliphatic rings. The van der Waals surface area contributed by atoms with Gasteiger partial charge in [-0.05, 0) is 56.2 Å². The van der Waals surface area contributed by atoms with Crippen LogP contribution in [0.4, 0.5) is 0 Å². The van der Waals surface area contributed by atoms with Crippen molar-refractivity contribution in [3.63, 3.8) is 0 Å². The molecule has 1 aromatic carbocycles. The van der Waals surface area contributed by atoms with Crippen molar-refractivity contribution in [2.24, 2.45) is 0 Å². The zero-order valence-electron chi connectivity index (χ0n) is 11.6. The molecule has 19 heavy (non-hydrogen) atoms. The summed E-state index contributed by atoms with van der Waals surface area (Å²) in [6, 6.07) is 9.56. The van der Waals surface area contributed by atoms with Gasteiger partial charge in [0.2, 0.25) is 0 Å². The fraction of sp³-hybridized carbons (Fsp3) is 0.312. The quantitative estimate of drug-likeness (QED) is 0.913. The predicted molar refractivity (Wildman–Crippen MR) is 75.3 cm³/mol. The average molecular weight is 257 g/mol. The van der Waals surface area contributed by atoms with E-state index in [9.17, 15) is 4.79 Å². The second-order valence-electron chi connectivity index (χ2n) is 4.96. The molecule has 1 heterocycles. The number of hydrogen-bond acceptors (Lipinski definition) is 2. The number of carbonyl (C=O) groups is 1. The number of amides is 1. The van der Waals surface area contributed by atoms with Crippen LogP contribution < -0.4 is 5.32 Å². The van der Waals surface area contributed by atoms with Gasteiger partial charge in [-0.1, -0.05) is 6.07 Å². The van der Waals surface area contributed by atoms with Crippen molar-refractivity contribution in [3.05, 3.63) is 59.0 Å². The van der Waals surface area contributed by atoms with Crippen LogP contribution in [0.3, 0.4) is 0 Å². The van der Waals surface area contributed by atoms with E-state index in [0.717, 1.165) is 11.3 Å². The monoisotopic (exact) mass is 257 g/mol. The molecule has 3 nitrogen and oxygen atoms in total. The lowest BCUT2D eigenvalue weighted by Crippen LogP contribution is -2.34. The Labute approximate surface area is 113 Å². The van der Waals surface area contributed by atoms with Gasteiger partial charge in [0.05, 0.1) is 6.26 Å². The maximum Gasteiger partial charge on any atom is 0.251 e. The van der Waals surface area contributed by atoms with Gasteiger partial charge in [-0.3, -0.25) is 4.79 Å². The molecule has 1 unspecified atom stereocenters. The maximum absolute atomic E-state index is 12.1. The first-order valence-electron chi connectivity index (χ1n) is 6.47. The van der Waals surface area contributed by atoms with Crippen LogP contribution in [0.1, 0.15) is 34.2 Å². The van der Waals surface area contributed by atoms with Crippen molar-refractivity contribution in [1.82, 2.24) is 5.32 Å². The summed E-state index contributed by atoms with van der Waals surface area (Å²) in [6.45, 7) is 6.02. The minimum atomic E-state index is -0.0397. The number of aryl methyl sites for hydroxylation is 2. The molecule has 2 aromatic rings. The summed E-state index contributed by atoms with van der Waals surface area (Å²) < 4.78 is 5.27. The molecule has 0 saturated heterocycles. The molecule has 0 bridgehead atoms. The van der Waals surface area contributed by atoms with Crippen molar-refractivity contribution in [3.8, 4) is 0 Å². The fourth-order valence-electron chi connectivity index (χ4n) is 1.97. The van der Waals surface area contributed by atoms with E-state index in [2.05, 4.69) is 5.32 Å². The van der Waals surface area contributed by atoms with Gasteiger partial charge in [-0.2, -0.15) is 0 Å². The second kappa shape index (κ2) is 5.74. The highest BCUT2D eigenvalue weighted by Gasteiger charge is 2.11. The number of carbonyl (C=O) groups excluding carboxylic acids is 1. The van der Waals surface area contributed by atoms with Gasteiger partial charge in [0.15, 0.2) is 0 Å². The molecule has 3 heteroatoms. The summed E-state index contributed by atoms with van der Waals surface area (Å²) >= 11 is 0. The summed E-state index contributed by atoms with van der Waals surface area (Å²) in [7, 11) is 0. The lowest BCUT2D eigenvalue weighted by atomic mass is 10.1. The molecule has 0 aliphatic carbocycles. The minimum Gasteiger partial charge on any atom is -0.469 e. The van der Waals surface area contributed by atoms with Gasteiger partial charge in [0.1, 0.15) is 5.76 Å². The second-order valence-corrected chi connectivity index (χ2v) is 4.96. The first-order valence-corrected chi connectivity index (χ1v) is 6.47. The van der Waals surface area contributed by atoms with Crippen molar-refractivity contribution in [2.45, 2.75) is 33.2 Å². The number of benzene rings is 1. The van der Waals surface area contributed by atoms with Crippen molar-refractivity contribution in [1.29, 1.82) is 0 Å². The van der Waals surface area contributed by atoms with E-state index in [4.69, 9.17) is 4.42 Å². The van der Waals surface area contributed by atoms with E-state index in [0.29, 0.717) is 12.0 Å². The van der Waals surface area contributed by atoms with Gasteiger partial charge in [-0.15, -0.1) is 0 Å². The molecule has 1 N–H and O–H groups in total. The Morgan fingerprint density at radius 1 is 1.26 bits per heavy atom. The zero-order chi connectivity index (χ0) is 13.8. The lowest BCUT2D eigenvalue weighted by Gasteiger charge is -2.13. The van der Waals surface area contributed by atoms with Crippen molar-refractivity contribution in [2.75, 3.05) is 0 Å². The largest absolute Gasteiger partial charge is 0.469 e. The molecule has 100 valence electrons. The molecule has 0 spiro atoms. The molecule has 1 aromatic heterocycles. The van der Waals surface area contributed by atoms with E-state index >= 15 is 0 Å². The van der Waals surface area contributed by atoms with Crippen LogP contribution in [0.5, 0.6) is 0 Å². The molecule has 1 atom stereocenters. The van der Waals surface area contributed by atoms with Gasteiger partial charge in [0.25, 0.3) is 5.91 Å². The summed E-state index contributed by atoms with van der Waals surface area (Å²) in [5.41, 5.74) is 3.03. The third kappa shape index (κ3) is 3.47. The van der Waals surface area contributed by atoms with Crippen LogP contribution in [0.2, 0.25) is 0 Å². The maximum atomic E-state index is 12.1. The van der Waals surface area contributed by atoms with E-state index < -0.39 is 0 Å². The van der Waals surface area contributed by atoms with Crippen LogP contribution in [0.15, 0.2) is 41.0 Å². The molecular weight excluding hydrogens is 238 g/mol. The first kappa shape index (κ1) is 13.4. The molecule has 0 radical (unpaired) electrons. The molecule has 0 saturated carbocycles. The number of rotatable bonds is 4. The Hall–Kier alpha value is -2.03. The van der Waals surface area contributed by atoms with Gasteiger partial charge in [-0.25, -0.2) is 0 Å². The molecule has 2 rings (SSSR count). The Kier molecular flexibility index (Phi) is 4.05. The topological polar surface area (TPSA) is 42.2 Å². The Bertz CT molecular complexity index is 558. The Balaban J connectivity index is 1.98. The molecular formula is C16H19NO2. The van der Waals surface area contributed by atoms with Crippen molar-refractivity contribution < 1.29 is 9.21 Å². The SMILES string of the molecule is Cc1ccc(C(=O)NC(C)Cc2ccco2)cc1C. The lowest BCUT2D eigenvalue weighted by molar-refractivity contribution is 0.0939. The van der Waals surface area contributed by atoms with Gasteiger partial charge >= 0.3 is 0 Å². The molecule has 1 amide bonds. The predicted octanol–water partition coefficient (Wildman–Crippen LogP) is 3.26. The highest BCUT2D eigenvalue weighted by atomic mass is 16.3. The molecule has 0 aliphatic heterocycles. The summed E-state index contributed by atoms with van der Waals surface area (Å²) in [5, 5.41) is 2.98. The van der Waals surface area contributed by atoms with Crippen LogP contribution in [0, 0.1) is 13.8 Å². The zero-order valence-corrected chi connectivity index (χ0v) is 11.6. The fourth-order valence-corrected chi connectivity index (χ4v) is 1.97. The smallest absolute Gasteiger partial charge is 0.251 e. The van der Waals surface area contributed by atoms with E-state index in [-0.39, 0.29) is 11.9 Å². The van der Waals surface area contributed by atoms with Crippen LogP contribution in [0.25, 0.3) is 0 Å². The van der Waals surface area contributed by atoms with Crippen LogP contribution >= 0.6 is 0 Å². The van der Waals surface area contributed by atoms with Gasteiger partial charge < -0.3 is 9.73 Å². The number of nitrogens with one attached hydrogen (secondary N) is 1. The van der Waals surface area contributed by atoms with E-state index in [1.54, 1.807) is 6.26 Å². The minimum absolute atomic E-state index is 0.0397. The third-order valence-electron chi connectivity index (χ3n) is 3.23. The Morgan fingerprint density at radius 3 is 2.68 bits per heavy atom. The van der Waals surface area contributed by atoms with Gasteiger partial charge in [0, 0.05) is 18.0 Å². The van der Waals surface area contributed by atoms with E-state index in [1.807, 2.05) is 51.1 Å². The first-order chi connectivity index (χ1) is 9.06. The Morgan fingerprint density at radius 2 is 2.05 bits per heavy atom. The average Bonchev–Trinajstić information content (AvgIpc) is 2.85. The van der Waals surface area contributed by atoms with E-state index in [1.165, 1.54) is 5.56 Å². The highest BCUT2D eigenvalue weighted by Crippen LogP contribution is 2.10. The summed E-state index contributed by atoms with van der Waals surface area (Å²) in [4.78, 5) is 12.1. The normalized spacial score (nSPS) is 12.2. The summed E-state index contributed by atoms with van der Waals surface area (Å²) in [6.07, 6.45) is 2.34. The highest BCUT2D eigenvalue weighted by molar-refractivity contribution is 5.94. The third-order valence-corrected chi connectivity index (χ3v) is 3.23. The number of hydrogen-bond donors (Lipinski definition) is 1. The standard InChI is InChI=1S/C16H19NO2/c1-11-6-7-14(9-12(11)2)16(18)17-13(3)10-15-5-4-8-19-15/h4-9,13H,10H2,1-3H3,(H,17,18). The van der Waals surface area contributed by atoms with Crippen molar-refractivity contribution >= 4 is 5.91 Å². The number of furan rings is 1. The molecule has 0 fully saturated rings. The van der Waals surface area contributed by atoms with Crippen LogP contribution in [-0.4, -0.2) is 11.9 Å². The summed E-state index contributed by atoms with van der Waals surface area (Å²) in [5.74, 6) is 0.843. The van der Waals surface area contributed by atoms with Crippen LogP contribution in [-0.2, 0) is 6.42 Å².